The number of nitrogens with one attached hydrogen (secondary N) is 1. The number of ether oxygens (including phenoxy) is 1. The molecule has 6 aliphatic rings. The van der Waals surface area contributed by atoms with Crippen LogP contribution in [0.3, 0.4) is 0 Å². The van der Waals surface area contributed by atoms with E-state index in [2.05, 4.69) is 16.3 Å². The van der Waals surface area contributed by atoms with Crippen molar-refractivity contribution in [3.05, 3.63) is 23.8 Å². The van der Waals surface area contributed by atoms with Crippen LogP contribution in [0.4, 0.5) is 0 Å². The van der Waals surface area contributed by atoms with Crippen molar-refractivity contribution in [3.63, 3.8) is 0 Å². The number of carbonyl (C=O) groups is 2. The van der Waals surface area contributed by atoms with Crippen molar-refractivity contribution in [2.24, 2.45) is 34.5 Å². The SMILES string of the molecule is COC(=O)C1=CC(CN2CCN(C(=O)CNCCC34CC5CC6CC(C3)C65C4)CC2)CC=C1. The number of amides is 1. The quantitative estimate of drug-likeness (QED) is 0.452. The molecule has 3 unspecified atom stereocenters. The second-order valence-corrected chi connectivity index (χ2v) is 11.9. The summed E-state index contributed by atoms with van der Waals surface area (Å²) in [4.78, 5) is 29.0. The van der Waals surface area contributed by atoms with E-state index in [4.69, 9.17) is 4.74 Å². The molecule has 180 valence electrons. The van der Waals surface area contributed by atoms with Crippen molar-refractivity contribution in [1.29, 1.82) is 0 Å². The Labute approximate surface area is 197 Å². The second-order valence-electron chi connectivity index (χ2n) is 11.9. The van der Waals surface area contributed by atoms with Crippen LogP contribution in [0.5, 0.6) is 0 Å². The van der Waals surface area contributed by atoms with Gasteiger partial charge in [-0.3, -0.25) is 9.69 Å². The normalized spacial score (nSPS) is 40.6. The smallest absolute Gasteiger partial charge is 0.337 e. The van der Waals surface area contributed by atoms with Crippen LogP contribution in [0.15, 0.2) is 23.8 Å². The van der Waals surface area contributed by atoms with Gasteiger partial charge in [-0.15, -0.1) is 0 Å². The summed E-state index contributed by atoms with van der Waals surface area (Å²) in [5.41, 5.74) is 2.07. The van der Waals surface area contributed by atoms with Crippen molar-refractivity contribution in [3.8, 4) is 0 Å². The first kappa shape index (κ1) is 21.8. The highest BCUT2D eigenvalue weighted by Crippen LogP contribution is 2.84. The number of methoxy groups -OCH3 is 1. The summed E-state index contributed by atoms with van der Waals surface area (Å²) in [7, 11) is 1.43. The van der Waals surface area contributed by atoms with Crippen molar-refractivity contribution >= 4 is 11.9 Å². The standard InChI is InChI=1S/C27H39N3O3/c1-33-25(32)20-4-2-3-19(11-20)17-29-7-9-30(10-8-29)24(31)16-28-6-5-26-14-22-12-21-13-23(15-26)27(21,22)18-26/h2,4,11,19,21-23,28H,3,5-10,12-18H2,1H3. The Bertz CT molecular complexity index is 856. The maximum atomic E-state index is 12.7. The Kier molecular flexibility index (Phi) is 5.45. The highest BCUT2D eigenvalue weighted by Gasteiger charge is 2.76. The molecular weight excluding hydrogens is 414 g/mol. The Morgan fingerprint density at radius 1 is 1.12 bits per heavy atom. The zero-order chi connectivity index (χ0) is 22.6. The molecule has 5 fully saturated rings. The van der Waals surface area contributed by atoms with Gasteiger partial charge in [0.2, 0.25) is 5.91 Å². The minimum Gasteiger partial charge on any atom is -0.465 e. The number of carbonyl (C=O) groups excluding carboxylic acids is 2. The maximum Gasteiger partial charge on any atom is 0.337 e. The van der Waals surface area contributed by atoms with Gasteiger partial charge in [-0.1, -0.05) is 18.2 Å². The molecule has 4 saturated carbocycles. The lowest BCUT2D eigenvalue weighted by Gasteiger charge is -2.66. The number of allylic oxidation sites excluding steroid dienone is 1. The summed E-state index contributed by atoms with van der Waals surface area (Å²) >= 11 is 0. The lowest BCUT2D eigenvalue weighted by atomic mass is 9.38. The molecule has 3 atom stereocenters. The maximum absolute atomic E-state index is 12.7. The van der Waals surface area contributed by atoms with Crippen molar-refractivity contribution in [2.75, 3.05) is 52.9 Å². The summed E-state index contributed by atoms with van der Waals surface area (Å²) in [5.74, 6) is 3.52. The molecule has 0 aromatic carbocycles. The van der Waals surface area contributed by atoms with Crippen LogP contribution in [0.2, 0.25) is 0 Å². The van der Waals surface area contributed by atoms with E-state index in [0.29, 0.717) is 23.5 Å². The third-order valence-electron chi connectivity index (χ3n) is 10.4. The van der Waals surface area contributed by atoms with Gasteiger partial charge in [-0.25, -0.2) is 4.79 Å². The van der Waals surface area contributed by atoms with E-state index in [1.807, 2.05) is 17.1 Å². The minimum atomic E-state index is -0.261. The molecule has 0 aromatic rings. The molecule has 1 amide bonds. The van der Waals surface area contributed by atoms with Gasteiger partial charge in [-0.05, 0) is 86.0 Å². The third-order valence-corrected chi connectivity index (χ3v) is 10.4. The fourth-order valence-electron chi connectivity index (χ4n) is 8.84. The number of esters is 1. The number of hydrogen-bond donors (Lipinski definition) is 1. The van der Waals surface area contributed by atoms with E-state index >= 15 is 0 Å². The molecule has 6 heteroatoms. The van der Waals surface area contributed by atoms with Crippen molar-refractivity contribution < 1.29 is 14.3 Å². The monoisotopic (exact) mass is 453 g/mol. The van der Waals surface area contributed by atoms with E-state index in [1.54, 1.807) is 0 Å². The van der Waals surface area contributed by atoms with Gasteiger partial charge >= 0.3 is 5.97 Å². The summed E-state index contributed by atoms with van der Waals surface area (Å²) in [5, 5.41) is 3.50. The number of nitrogens with zero attached hydrogens (tertiary/aromatic N) is 2. The Morgan fingerprint density at radius 2 is 1.88 bits per heavy atom. The molecule has 33 heavy (non-hydrogen) atoms. The van der Waals surface area contributed by atoms with Gasteiger partial charge in [0.1, 0.15) is 0 Å². The van der Waals surface area contributed by atoms with Crippen LogP contribution in [-0.2, 0) is 14.3 Å². The molecular formula is C27H39N3O3. The number of rotatable bonds is 8. The highest BCUT2D eigenvalue weighted by molar-refractivity contribution is 5.91. The van der Waals surface area contributed by atoms with Gasteiger partial charge in [0.05, 0.1) is 19.2 Å². The lowest BCUT2D eigenvalue weighted by molar-refractivity contribution is -0.177. The van der Waals surface area contributed by atoms with Gasteiger partial charge in [0, 0.05) is 32.7 Å². The first-order valence-electron chi connectivity index (χ1n) is 13.2. The van der Waals surface area contributed by atoms with E-state index in [0.717, 1.165) is 68.9 Å². The van der Waals surface area contributed by atoms with Gasteiger partial charge in [0.15, 0.2) is 0 Å². The van der Waals surface area contributed by atoms with E-state index in [9.17, 15) is 9.59 Å². The fourth-order valence-corrected chi connectivity index (χ4v) is 8.84. The highest BCUT2D eigenvalue weighted by atomic mass is 16.5. The second kappa shape index (κ2) is 8.23. The van der Waals surface area contributed by atoms with Gasteiger partial charge in [0.25, 0.3) is 0 Å². The molecule has 5 aliphatic carbocycles. The summed E-state index contributed by atoms with van der Waals surface area (Å²) in [6, 6.07) is 0. The van der Waals surface area contributed by atoms with E-state index in [1.165, 1.54) is 45.6 Å². The van der Waals surface area contributed by atoms with Crippen LogP contribution in [0.25, 0.3) is 0 Å². The largest absolute Gasteiger partial charge is 0.465 e. The summed E-state index contributed by atoms with van der Waals surface area (Å²) < 4.78 is 4.85. The zero-order valence-corrected chi connectivity index (χ0v) is 20.1. The summed E-state index contributed by atoms with van der Waals surface area (Å²) in [6.45, 7) is 5.81. The number of hydrogen-bond acceptors (Lipinski definition) is 5. The first-order chi connectivity index (χ1) is 16.0. The van der Waals surface area contributed by atoms with Crippen molar-refractivity contribution in [1.82, 2.24) is 15.1 Å². The summed E-state index contributed by atoms with van der Waals surface area (Å²) in [6.07, 6.45) is 15.7. The molecule has 0 radical (unpaired) electrons. The van der Waals surface area contributed by atoms with Gasteiger partial charge < -0.3 is 15.0 Å². The van der Waals surface area contributed by atoms with Gasteiger partial charge in [-0.2, -0.15) is 0 Å². The van der Waals surface area contributed by atoms with Crippen LogP contribution in [0.1, 0.15) is 44.9 Å². The molecule has 1 N–H and O–H groups in total. The Hall–Kier alpha value is -1.66. The van der Waals surface area contributed by atoms with E-state index in [-0.39, 0.29) is 11.9 Å². The molecule has 1 saturated heterocycles. The predicted octanol–water partition coefficient (Wildman–Crippen LogP) is 2.61. The molecule has 0 aromatic heterocycles. The Morgan fingerprint density at radius 3 is 2.55 bits per heavy atom. The minimum absolute atomic E-state index is 0.247. The molecule has 2 bridgehead atoms. The fraction of sp³-hybridized carbons (Fsp3) is 0.778. The van der Waals surface area contributed by atoms with Crippen LogP contribution >= 0.6 is 0 Å². The zero-order valence-electron chi connectivity index (χ0n) is 20.1. The average molecular weight is 454 g/mol. The number of piperazine rings is 1. The van der Waals surface area contributed by atoms with Crippen LogP contribution in [-0.4, -0.2) is 74.6 Å². The molecule has 6 rings (SSSR count). The molecule has 6 nitrogen and oxygen atoms in total. The van der Waals surface area contributed by atoms with Crippen LogP contribution < -0.4 is 5.32 Å². The average Bonchev–Trinajstić information content (AvgIpc) is 3.29. The number of fused-ring (bicyclic) bond motifs is 1. The van der Waals surface area contributed by atoms with E-state index < -0.39 is 0 Å². The van der Waals surface area contributed by atoms with Crippen molar-refractivity contribution in [2.45, 2.75) is 44.9 Å². The Balaban J connectivity index is 0.900. The first-order valence-corrected chi connectivity index (χ1v) is 13.2. The van der Waals surface area contributed by atoms with Crippen LogP contribution in [0, 0.1) is 34.5 Å². The molecule has 1 heterocycles. The molecule has 1 spiro atoms. The predicted molar refractivity (Wildman–Crippen MR) is 126 cm³/mol. The lowest BCUT2D eigenvalue weighted by Crippen LogP contribution is -2.59. The molecule has 1 aliphatic heterocycles. The third kappa shape index (κ3) is 3.59. The topological polar surface area (TPSA) is 61.9 Å².